The van der Waals surface area contributed by atoms with Crippen molar-refractivity contribution in [2.45, 2.75) is 27.2 Å². The average Bonchev–Trinajstić information content (AvgIpc) is 3.36. The van der Waals surface area contributed by atoms with Gasteiger partial charge in [0.25, 0.3) is 0 Å². The first-order chi connectivity index (χ1) is 14.4. The van der Waals surface area contributed by atoms with Crippen LogP contribution in [0.5, 0.6) is 0 Å². The predicted molar refractivity (Wildman–Crippen MR) is 125 cm³/mol. The van der Waals surface area contributed by atoms with Gasteiger partial charge >= 0.3 is 0 Å². The Morgan fingerprint density at radius 2 is 1.87 bits per heavy atom. The van der Waals surface area contributed by atoms with E-state index in [2.05, 4.69) is 88.8 Å². The highest BCUT2D eigenvalue weighted by atomic mass is 15.1. The number of imidazole rings is 2. The topological polar surface area (TPSA) is 81.4 Å². The van der Waals surface area contributed by atoms with E-state index in [4.69, 9.17) is 0 Å². The lowest BCUT2D eigenvalue weighted by molar-refractivity contribution is 1.14. The Bertz CT molecular complexity index is 1240. The molecule has 2 heterocycles. The molecule has 0 aliphatic rings. The molecule has 0 atom stereocenters. The lowest BCUT2D eigenvalue weighted by Crippen LogP contribution is -2.06. The van der Waals surface area contributed by atoms with Crippen molar-refractivity contribution in [2.75, 3.05) is 10.6 Å². The Morgan fingerprint density at radius 3 is 2.63 bits per heavy atom. The van der Waals surface area contributed by atoms with Gasteiger partial charge in [0.2, 0.25) is 5.95 Å². The maximum atomic E-state index is 4.60. The van der Waals surface area contributed by atoms with Crippen LogP contribution in [-0.4, -0.2) is 19.9 Å². The minimum absolute atomic E-state index is 0.636. The number of aromatic amines is 2. The largest absolute Gasteiger partial charge is 0.354 e. The smallest absolute Gasteiger partial charge is 0.205 e. The highest BCUT2D eigenvalue weighted by Gasteiger charge is 2.15. The van der Waals surface area contributed by atoms with Crippen LogP contribution >= 0.6 is 0 Å². The molecule has 0 bridgehead atoms. The first-order valence-corrected chi connectivity index (χ1v) is 9.96. The summed E-state index contributed by atoms with van der Waals surface area (Å²) in [5, 5.41) is 6.61. The van der Waals surface area contributed by atoms with Gasteiger partial charge in [-0.25, -0.2) is 9.97 Å². The van der Waals surface area contributed by atoms with Gasteiger partial charge in [0, 0.05) is 5.69 Å². The Labute approximate surface area is 176 Å². The van der Waals surface area contributed by atoms with Crippen molar-refractivity contribution in [3.63, 3.8) is 0 Å². The van der Waals surface area contributed by atoms with Gasteiger partial charge in [-0.2, -0.15) is 0 Å². The van der Waals surface area contributed by atoms with E-state index in [9.17, 15) is 0 Å². The fourth-order valence-electron chi connectivity index (χ4n) is 3.47. The van der Waals surface area contributed by atoms with Gasteiger partial charge in [0.1, 0.15) is 5.69 Å². The van der Waals surface area contributed by atoms with E-state index < -0.39 is 0 Å². The van der Waals surface area contributed by atoms with Gasteiger partial charge in [0.15, 0.2) is 0 Å². The first kappa shape index (κ1) is 19.5. The number of anilines is 2. The Balaban J connectivity index is 1.53. The fraction of sp³-hybridized carbons (Fsp3) is 0.167. The number of rotatable bonds is 7. The molecule has 0 saturated heterocycles. The molecule has 0 aliphatic heterocycles. The number of H-pyrrole nitrogens is 2. The SMILES string of the molecule is C=C(Nc1ccc(C)cc1C)c1nc[nH]c1C(=C)Nc1nc2ccc(CC)cc2[nH]1. The monoisotopic (exact) mass is 398 g/mol. The molecule has 0 radical (unpaired) electrons. The molecule has 6 nitrogen and oxygen atoms in total. The molecule has 6 heteroatoms. The van der Waals surface area contributed by atoms with Gasteiger partial charge in [-0.1, -0.05) is 43.8 Å². The van der Waals surface area contributed by atoms with Gasteiger partial charge in [-0.3, -0.25) is 0 Å². The van der Waals surface area contributed by atoms with E-state index in [1.54, 1.807) is 6.33 Å². The first-order valence-electron chi connectivity index (χ1n) is 9.96. The van der Waals surface area contributed by atoms with E-state index >= 15 is 0 Å². The van der Waals surface area contributed by atoms with E-state index in [1.807, 2.05) is 12.1 Å². The number of aromatic nitrogens is 4. The van der Waals surface area contributed by atoms with Crippen molar-refractivity contribution >= 4 is 34.1 Å². The van der Waals surface area contributed by atoms with Gasteiger partial charge < -0.3 is 20.6 Å². The van der Waals surface area contributed by atoms with Crippen LogP contribution in [-0.2, 0) is 6.42 Å². The third kappa shape index (κ3) is 3.85. The zero-order valence-corrected chi connectivity index (χ0v) is 17.6. The zero-order chi connectivity index (χ0) is 21.3. The third-order valence-corrected chi connectivity index (χ3v) is 5.12. The molecule has 0 saturated carbocycles. The summed E-state index contributed by atoms with van der Waals surface area (Å²) in [6.45, 7) is 14.6. The van der Waals surface area contributed by atoms with Crippen LogP contribution < -0.4 is 10.6 Å². The molecule has 0 amide bonds. The molecule has 4 N–H and O–H groups in total. The van der Waals surface area contributed by atoms with E-state index in [-0.39, 0.29) is 0 Å². The number of benzene rings is 2. The van der Waals surface area contributed by atoms with Crippen LogP contribution in [0.1, 0.15) is 35.0 Å². The minimum Gasteiger partial charge on any atom is -0.354 e. The number of aryl methyl sites for hydroxylation is 3. The maximum absolute atomic E-state index is 4.60. The molecule has 4 aromatic rings. The lowest BCUT2D eigenvalue weighted by atomic mass is 10.1. The molecule has 0 unspecified atom stereocenters. The molecular weight excluding hydrogens is 372 g/mol. The highest BCUT2D eigenvalue weighted by molar-refractivity contribution is 5.85. The van der Waals surface area contributed by atoms with Crippen LogP contribution in [0.3, 0.4) is 0 Å². The van der Waals surface area contributed by atoms with Crippen molar-refractivity contribution < 1.29 is 0 Å². The summed E-state index contributed by atoms with van der Waals surface area (Å²) in [6.07, 6.45) is 2.62. The highest BCUT2D eigenvalue weighted by Crippen LogP contribution is 2.26. The molecule has 0 fully saturated rings. The Kier molecular flexibility index (Phi) is 5.14. The summed E-state index contributed by atoms with van der Waals surface area (Å²) in [4.78, 5) is 15.5. The van der Waals surface area contributed by atoms with Crippen LogP contribution in [0.15, 0.2) is 55.9 Å². The molecule has 4 rings (SSSR count). The quantitative estimate of drug-likeness (QED) is 0.325. The summed E-state index contributed by atoms with van der Waals surface area (Å²) in [5.41, 5.74) is 9.35. The molecule has 30 heavy (non-hydrogen) atoms. The second-order valence-corrected chi connectivity index (χ2v) is 7.44. The maximum Gasteiger partial charge on any atom is 0.205 e. The molecular formula is C24H26N6. The van der Waals surface area contributed by atoms with E-state index in [1.165, 1.54) is 11.1 Å². The molecule has 0 spiro atoms. The molecule has 0 aliphatic carbocycles. The van der Waals surface area contributed by atoms with Crippen LogP contribution in [0.4, 0.5) is 11.6 Å². The minimum atomic E-state index is 0.636. The molecule has 2 aromatic carbocycles. The normalized spacial score (nSPS) is 10.9. The van der Waals surface area contributed by atoms with E-state index in [0.29, 0.717) is 23.0 Å². The van der Waals surface area contributed by atoms with Crippen molar-refractivity contribution in [3.8, 4) is 0 Å². The summed E-state index contributed by atoms with van der Waals surface area (Å²) in [6, 6.07) is 12.5. The van der Waals surface area contributed by atoms with Gasteiger partial charge in [-0.05, 0) is 49.6 Å². The number of hydrogen-bond acceptors (Lipinski definition) is 4. The van der Waals surface area contributed by atoms with E-state index in [0.717, 1.165) is 34.4 Å². The van der Waals surface area contributed by atoms with Crippen molar-refractivity contribution in [1.29, 1.82) is 0 Å². The summed E-state index contributed by atoms with van der Waals surface area (Å²) in [5.74, 6) is 0.636. The number of hydrogen-bond donors (Lipinski definition) is 4. The van der Waals surface area contributed by atoms with Crippen LogP contribution in [0.25, 0.3) is 22.4 Å². The third-order valence-electron chi connectivity index (χ3n) is 5.12. The standard InChI is InChI=1S/C24H26N6/c1-6-18-8-10-20-21(12-18)30-24(29-20)28-17(5)23-22(25-13-26-23)16(4)27-19-9-7-14(2)11-15(19)3/h7-13,27H,4-6H2,1-3H3,(H,25,26)(H2,28,29,30). The Hall–Kier alpha value is -3.80. The van der Waals surface area contributed by atoms with Crippen LogP contribution in [0.2, 0.25) is 0 Å². The van der Waals surface area contributed by atoms with Crippen LogP contribution in [0, 0.1) is 13.8 Å². The number of fused-ring (bicyclic) bond motifs is 1. The van der Waals surface area contributed by atoms with Crippen molar-refractivity contribution in [2.24, 2.45) is 0 Å². The fourth-order valence-corrected chi connectivity index (χ4v) is 3.47. The second kappa shape index (κ2) is 7.91. The Morgan fingerprint density at radius 1 is 1.03 bits per heavy atom. The van der Waals surface area contributed by atoms with Gasteiger partial charge in [0.05, 0.1) is 34.4 Å². The van der Waals surface area contributed by atoms with Crippen molar-refractivity contribution in [1.82, 2.24) is 19.9 Å². The predicted octanol–water partition coefficient (Wildman–Crippen LogP) is 5.63. The van der Waals surface area contributed by atoms with Crippen molar-refractivity contribution in [3.05, 3.63) is 84.0 Å². The lowest BCUT2D eigenvalue weighted by Gasteiger charge is -2.13. The summed E-state index contributed by atoms with van der Waals surface area (Å²) < 4.78 is 0. The average molecular weight is 399 g/mol. The molecule has 152 valence electrons. The summed E-state index contributed by atoms with van der Waals surface area (Å²) >= 11 is 0. The summed E-state index contributed by atoms with van der Waals surface area (Å²) in [7, 11) is 0. The number of nitrogens with one attached hydrogen (secondary N) is 4. The molecule has 2 aromatic heterocycles. The second-order valence-electron chi connectivity index (χ2n) is 7.44. The number of nitrogens with zero attached hydrogens (tertiary/aromatic N) is 2. The zero-order valence-electron chi connectivity index (χ0n) is 17.6. The van der Waals surface area contributed by atoms with Gasteiger partial charge in [-0.15, -0.1) is 0 Å².